The second-order valence-corrected chi connectivity index (χ2v) is 1.94. The zero-order valence-electron chi connectivity index (χ0n) is 6.09. The van der Waals surface area contributed by atoms with Gasteiger partial charge in [-0.1, -0.05) is 6.92 Å². The molecule has 0 aliphatic rings. The lowest BCUT2D eigenvalue weighted by Gasteiger charge is -2.22. The van der Waals surface area contributed by atoms with E-state index in [9.17, 15) is 4.79 Å². The van der Waals surface area contributed by atoms with Gasteiger partial charge in [0.2, 0.25) is 0 Å². The monoisotopic (exact) mass is 131 g/mol. The third-order valence-electron chi connectivity index (χ3n) is 0.989. The molecule has 1 amide bonds. The van der Waals surface area contributed by atoms with Gasteiger partial charge in [0.05, 0.1) is 0 Å². The zero-order valence-corrected chi connectivity index (χ0v) is 6.09. The van der Waals surface area contributed by atoms with Gasteiger partial charge in [0, 0.05) is 20.5 Å². The van der Waals surface area contributed by atoms with Gasteiger partial charge in [0.1, 0.15) is 0 Å². The van der Waals surface area contributed by atoms with Crippen molar-refractivity contribution in [2.75, 3.05) is 14.1 Å². The van der Waals surface area contributed by atoms with Crippen LogP contribution in [0.15, 0.2) is 0 Å². The highest BCUT2D eigenvalue weighted by molar-refractivity contribution is 5.74. The number of amides is 1. The highest BCUT2D eigenvalue weighted by Gasteiger charge is 2.06. The second kappa shape index (κ2) is 3.42. The van der Waals surface area contributed by atoms with E-state index in [0.717, 1.165) is 5.12 Å². The maximum Gasteiger partial charge on any atom is 0.251 e. The third-order valence-corrected chi connectivity index (χ3v) is 0.989. The van der Waals surface area contributed by atoms with Gasteiger partial charge in [0.25, 0.3) is 5.91 Å². The van der Waals surface area contributed by atoms with E-state index in [1.165, 1.54) is 5.01 Å². The molecular weight excluding hydrogens is 118 g/mol. The normalized spacial score (nSPS) is 9.89. The molecule has 0 spiro atoms. The molecule has 9 heavy (non-hydrogen) atoms. The van der Waals surface area contributed by atoms with E-state index in [4.69, 9.17) is 5.84 Å². The van der Waals surface area contributed by atoms with E-state index in [2.05, 4.69) is 0 Å². The summed E-state index contributed by atoms with van der Waals surface area (Å²) in [5.41, 5.74) is 0. The molecule has 54 valence electrons. The molecule has 0 heterocycles. The SMILES string of the molecule is CCC(=O)N(N)N(C)C. The van der Waals surface area contributed by atoms with Crippen LogP contribution < -0.4 is 5.84 Å². The first-order valence-corrected chi connectivity index (χ1v) is 2.84. The van der Waals surface area contributed by atoms with Crippen LogP contribution >= 0.6 is 0 Å². The van der Waals surface area contributed by atoms with Crippen LogP contribution in [0.2, 0.25) is 0 Å². The summed E-state index contributed by atoms with van der Waals surface area (Å²) in [6.07, 6.45) is 0.439. The van der Waals surface area contributed by atoms with Crippen molar-refractivity contribution in [3.8, 4) is 0 Å². The Bertz CT molecular complexity index is 102. The van der Waals surface area contributed by atoms with Crippen LogP contribution in [-0.2, 0) is 4.79 Å². The fourth-order valence-electron chi connectivity index (χ4n) is 0.385. The first kappa shape index (κ1) is 8.39. The molecule has 0 aromatic rings. The van der Waals surface area contributed by atoms with E-state index < -0.39 is 0 Å². The summed E-state index contributed by atoms with van der Waals surface area (Å²) in [4.78, 5) is 10.7. The van der Waals surface area contributed by atoms with Crippen molar-refractivity contribution >= 4 is 5.91 Å². The molecule has 0 aliphatic heterocycles. The Labute approximate surface area is 55.2 Å². The van der Waals surface area contributed by atoms with E-state index in [-0.39, 0.29) is 5.91 Å². The van der Waals surface area contributed by atoms with Gasteiger partial charge < -0.3 is 0 Å². The number of rotatable bonds is 2. The minimum atomic E-state index is -0.0833. The molecule has 0 saturated heterocycles. The Hall–Kier alpha value is -0.610. The average molecular weight is 131 g/mol. The molecule has 0 aromatic carbocycles. The first-order valence-electron chi connectivity index (χ1n) is 2.84. The topological polar surface area (TPSA) is 49.6 Å². The van der Waals surface area contributed by atoms with Crippen molar-refractivity contribution < 1.29 is 4.79 Å². The molecule has 4 nitrogen and oxygen atoms in total. The highest BCUT2D eigenvalue weighted by atomic mass is 16.2. The molecule has 0 unspecified atom stereocenters. The average Bonchev–Trinajstić information content (AvgIpc) is 1.84. The van der Waals surface area contributed by atoms with Crippen LogP contribution in [0.1, 0.15) is 13.3 Å². The van der Waals surface area contributed by atoms with Gasteiger partial charge in [-0.3, -0.25) is 4.79 Å². The summed E-state index contributed by atoms with van der Waals surface area (Å²) in [7, 11) is 3.43. The molecule has 2 N–H and O–H groups in total. The number of hydrogen-bond donors (Lipinski definition) is 1. The molecular formula is C5H13N3O. The van der Waals surface area contributed by atoms with Crippen LogP contribution in [-0.4, -0.2) is 30.1 Å². The number of nitrogens with two attached hydrogens (primary N) is 1. The van der Waals surface area contributed by atoms with Crippen LogP contribution in [0.3, 0.4) is 0 Å². The van der Waals surface area contributed by atoms with Crippen LogP contribution in [0.5, 0.6) is 0 Å². The van der Waals surface area contributed by atoms with Crippen molar-refractivity contribution in [2.45, 2.75) is 13.3 Å². The maximum absolute atomic E-state index is 10.7. The number of carbonyl (C=O) groups is 1. The Morgan fingerprint density at radius 3 is 2.11 bits per heavy atom. The molecule has 0 saturated carbocycles. The van der Waals surface area contributed by atoms with Crippen LogP contribution in [0, 0.1) is 0 Å². The Balaban J connectivity index is 3.72. The minimum Gasteiger partial charge on any atom is -0.272 e. The first-order chi connectivity index (χ1) is 4.09. The molecule has 0 aliphatic carbocycles. The van der Waals surface area contributed by atoms with Gasteiger partial charge in [-0.2, -0.15) is 0 Å². The summed E-state index contributed by atoms with van der Waals surface area (Å²) in [5, 5.41) is 2.62. The van der Waals surface area contributed by atoms with Crippen LogP contribution in [0.25, 0.3) is 0 Å². The summed E-state index contributed by atoms with van der Waals surface area (Å²) >= 11 is 0. The maximum atomic E-state index is 10.7. The standard InChI is InChI=1S/C5H13N3O/c1-4-5(9)8(6)7(2)3/h4,6H2,1-3H3. The predicted molar refractivity (Wildman–Crippen MR) is 35.0 cm³/mol. The molecule has 0 aromatic heterocycles. The van der Waals surface area contributed by atoms with Gasteiger partial charge in [-0.25, -0.2) is 16.0 Å². The van der Waals surface area contributed by atoms with Gasteiger partial charge in [-0.05, 0) is 0 Å². The van der Waals surface area contributed by atoms with E-state index in [1.807, 2.05) is 0 Å². The van der Waals surface area contributed by atoms with Gasteiger partial charge in [0.15, 0.2) is 0 Å². The highest BCUT2D eigenvalue weighted by Crippen LogP contribution is 1.86. The number of nitrogens with zero attached hydrogens (tertiary/aromatic N) is 2. The minimum absolute atomic E-state index is 0.0833. The zero-order chi connectivity index (χ0) is 7.44. The summed E-state index contributed by atoms with van der Waals surface area (Å²) in [5.74, 6) is 5.20. The number of hydrogen-bond acceptors (Lipinski definition) is 3. The Morgan fingerprint density at radius 1 is 1.56 bits per heavy atom. The number of carbonyl (C=O) groups excluding carboxylic acids is 1. The largest absolute Gasteiger partial charge is 0.272 e. The lowest BCUT2D eigenvalue weighted by molar-refractivity contribution is -0.144. The van der Waals surface area contributed by atoms with Crippen molar-refractivity contribution in [1.82, 2.24) is 10.1 Å². The Kier molecular flexibility index (Phi) is 3.19. The molecule has 0 rings (SSSR count). The third kappa shape index (κ3) is 2.43. The Morgan fingerprint density at radius 2 is 2.00 bits per heavy atom. The molecule has 0 fully saturated rings. The molecule has 0 bridgehead atoms. The van der Waals surface area contributed by atoms with Crippen molar-refractivity contribution in [3.05, 3.63) is 0 Å². The molecule has 4 heteroatoms. The summed E-state index contributed by atoms with van der Waals surface area (Å²) in [6, 6.07) is 0. The molecule has 0 atom stereocenters. The fourth-order valence-corrected chi connectivity index (χ4v) is 0.385. The lowest BCUT2D eigenvalue weighted by Crippen LogP contribution is -2.46. The quantitative estimate of drug-likeness (QED) is 0.314. The van der Waals surface area contributed by atoms with E-state index in [0.29, 0.717) is 6.42 Å². The smallest absolute Gasteiger partial charge is 0.251 e. The summed E-state index contributed by atoms with van der Waals surface area (Å²) in [6.45, 7) is 1.77. The summed E-state index contributed by atoms with van der Waals surface area (Å²) < 4.78 is 0. The predicted octanol–water partition coefficient (Wildman–Crippen LogP) is -0.425. The lowest BCUT2D eigenvalue weighted by atomic mass is 10.5. The van der Waals surface area contributed by atoms with Crippen molar-refractivity contribution in [1.29, 1.82) is 0 Å². The van der Waals surface area contributed by atoms with Crippen molar-refractivity contribution in [3.63, 3.8) is 0 Å². The van der Waals surface area contributed by atoms with E-state index in [1.54, 1.807) is 21.0 Å². The van der Waals surface area contributed by atoms with Gasteiger partial charge in [-0.15, -0.1) is 0 Å². The number of hydrazine groups is 2. The van der Waals surface area contributed by atoms with Gasteiger partial charge >= 0.3 is 0 Å². The van der Waals surface area contributed by atoms with Crippen molar-refractivity contribution in [2.24, 2.45) is 5.84 Å². The second-order valence-electron chi connectivity index (χ2n) is 1.94. The van der Waals surface area contributed by atoms with Crippen LogP contribution in [0.4, 0.5) is 0 Å². The fraction of sp³-hybridized carbons (Fsp3) is 0.800. The van der Waals surface area contributed by atoms with E-state index >= 15 is 0 Å². The molecule has 0 radical (unpaired) electrons.